The maximum atomic E-state index is 13.4. The van der Waals surface area contributed by atoms with Crippen LogP contribution in [0, 0.1) is 0 Å². The van der Waals surface area contributed by atoms with Crippen molar-refractivity contribution in [3.8, 4) is 0 Å². The molecule has 1 amide bonds. The lowest BCUT2D eigenvalue weighted by molar-refractivity contribution is -0.359. The molecule has 2 aliphatic rings. The van der Waals surface area contributed by atoms with E-state index in [1.807, 2.05) is 0 Å². The molecule has 0 saturated carbocycles. The fourth-order valence-corrected chi connectivity index (χ4v) is 12.7. The van der Waals surface area contributed by atoms with Crippen LogP contribution in [0.4, 0.5) is 0 Å². The molecule has 2 aliphatic heterocycles. The SMILES string of the molecule is CC/C=C\C/C=C\C/C=C\C/C=C\C/C=C\CCCCCCCCCCCCCCCCCCCCCCCCCCCC(=O)NC(COC1OC(CO)C(OC2OC(CO)C(O)C(O)C2O)C(O)C1O)C(O)CCCCCCCCCCCCCCCCCCC. The molecule has 0 aromatic carbocycles. The molecule has 92 heavy (non-hydrogen) atoms. The van der Waals surface area contributed by atoms with Gasteiger partial charge in [0, 0.05) is 6.42 Å². The first-order valence-corrected chi connectivity index (χ1v) is 38.5. The number of unbranched alkanes of at least 4 members (excludes halogenated alkanes) is 41. The number of allylic oxidation sites excluding steroid dienone is 10. The van der Waals surface area contributed by atoms with Crippen molar-refractivity contribution in [1.82, 2.24) is 5.32 Å². The van der Waals surface area contributed by atoms with Gasteiger partial charge in [-0.25, -0.2) is 0 Å². The first-order chi connectivity index (χ1) is 45.1. The minimum Gasteiger partial charge on any atom is -0.394 e. The maximum Gasteiger partial charge on any atom is 0.220 e. The van der Waals surface area contributed by atoms with E-state index in [0.717, 1.165) is 83.5 Å². The highest BCUT2D eigenvalue weighted by molar-refractivity contribution is 5.76. The van der Waals surface area contributed by atoms with Crippen LogP contribution in [-0.2, 0) is 23.7 Å². The molecule has 9 N–H and O–H groups in total. The minimum atomic E-state index is -1.78. The summed E-state index contributed by atoms with van der Waals surface area (Å²) in [6.45, 7) is 2.79. The molecule has 12 atom stereocenters. The van der Waals surface area contributed by atoms with Crippen molar-refractivity contribution in [2.75, 3.05) is 19.8 Å². The Balaban J connectivity index is 1.54. The van der Waals surface area contributed by atoms with Crippen LogP contribution >= 0.6 is 0 Å². The number of carbonyl (C=O) groups excluding carboxylic acids is 1. The third-order valence-corrected chi connectivity index (χ3v) is 18.7. The smallest absolute Gasteiger partial charge is 0.220 e. The van der Waals surface area contributed by atoms with Crippen molar-refractivity contribution in [2.24, 2.45) is 0 Å². The van der Waals surface area contributed by atoms with Crippen molar-refractivity contribution in [2.45, 2.75) is 408 Å². The molecule has 2 heterocycles. The highest BCUT2D eigenvalue weighted by Crippen LogP contribution is 2.30. The average molecular weight is 1300 g/mol. The summed E-state index contributed by atoms with van der Waals surface area (Å²) in [7, 11) is 0. The summed E-state index contributed by atoms with van der Waals surface area (Å²) < 4.78 is 22.9. The second kappa shape index (κ2) is 62.2. The lowest BCUT2D eigenvalue weighted by Gasteiger charge is -2.46. The van der Waals surface area contributed by atoms with Crippen molar-refractivity contribution < 1.29 is 64.6 Å². The first-order valence-electron chi connectivity index (χ1n) is 38.5. The standard InChI is InChI=1S/C78H143NO13/c1-3-5-7-9-11-13-15-17-19-21-22-23-24-25-26-27-28-29-30-31-32-33-34-35-36-37-38-39-40-41-42-43-44-46-48-50-52-54-56-58-60-62-70(83)79-66(67(82)61-59-57-55-53-51-49-47-45-20-18-16-14-12-10-8-6-4-2)65-89-77-75(88)73(86)76(69(64-81)91-77)92-78-74(87)72(85)71(84)68(63-80)90-78/h5,7,11,13,17,19,22-23,25-26,66-69,71-78,80-82,84-88H,3-4,6,8-10,12,14-16,18,20-21,24,27-65H2,1-2H3,(H,79,83)/b7-5-,13-11-,19-17-,23-22-,26-25-. The number of ether oxygens (including phenoxy) is 4. The number of aliphatic hydroxyl groups excluding tert-OH is 8. The number of nitrogens with one attached hydrogen (secondary N) is 1. The molecule has 2 saturated heterocycles. The van der Waals surface area contributed by atoms with Gasteiger partial charge in [0.1, 0.15) is 48.8 Å². The van der Waals surface area contributed by atoms with E-state index < -0.39 is 86.8 Å². The van der Waals surface area contributed by atoms with Gasteiger partial charge in [0.2, 0.25) is 5.91 Å². The summed E-state index contributed by atoms with van der Waals surface area (Å²) in [6, 6.07) is -0.828. The van der Waals surface area contributed by atoms with E-state index in [9.17, 15) is 45.6 Å². The highest BCUT2D eigenvalue weighted by Gasteiger charge is 2.51. The molecule has 0 aromatic heterocycles. The van der Waals surface area contributed by atoms with Gasteiger partial charge in [-0.2, -0.15) is 0 Å². The Kier molecular flexibility index (Phi) is 58.0. The Hall–Kier alpha value is -2.31. The van der Waals surface area contributed by atoms with E-state index >= 15 is 0 Å². The van der Waals surface area contributed by atoms with Crippen molar-refractivity contribution in [3.63, 3.8) is 0 Å². The van der Waals surface area contributed by atoms with E-state index in [-0.39, 0.29) is 12.5 Å². The normalized spacial score (nSPS) is 23.0. The van der Waals surface area contributed by atoms with E-state index in [1.165, 1.54) is 225 Å². The van der Waals surface area contributed by atoms with Gasteiger partial charge in [0.25, 0.3) is 0 Å². The van der Waals surface area contributed by atoms with Crippen molar-refractivity contribution in [1.29, 1.82) is 0 Å². The first kappa shape index (κ1) is 85.8. The number of hydrogen-bond acceptors (Lipinski definition) is 13. The molecule has 12 unspecified atom stereocenters. The van der Waals surface area contributed by atoms with Gasteiger partial charge in [0.05, 0.1) is 32.0 Å². The number of rotatable bonds is 64. The van der Waals surface area contributed by atoms with Crippen molar-refractivity contribution >= 4 is 5.91 Å². The van der Waals surface area contributed by atoms with Crippen LogP contribution in [0.15, 0.2) is 60.8 Å². The van der Waals surface area contributed by atoms with E-state index in [4.69, 9.17) is 18.9 Å². The monoisotopic (exact) mass is 1300 g/mol. The predicted octanol–water partition coefficient (Wildman–Crippen LogP) is 16.8. The van der Waals surface area contributed by atoms with Crippen LogP contribution in [0.3, 0.4) is 0 Å². The Morgan fingerprint density at radius 2 is 0.750 bits per heavy atom. The molecule has 0 aromatic rings. The van der Waals surface area contributed by atoms with Crippen LogP contribution in [0.5, 0.6) is 0 Å². The zero-order valence-electron chi connectivity index (χ0n) is 58.8. The third-order valence-electron chi connectivity index (χ3n) is 18.7. The lowest BCUT2D eigenvalue weighted by Crippen LogP contribution is -2.65. The molecule has 538 valence electrons. The van der Waals surface area contributed by atoms with E-state index in [0.29, 0.717) is 12.8 Å². The fourth-order valence-electron chi connectivity index (χ4n) is 12.7. The zero-order chi connectivity index (χ0) is 66.6. The molecule has 0 aliphatic carbocycles. The molecule has 14 nitrogen and oxygen atoms in total. The third kappa shape index (κ3) is 45.2. The Morgan fingerprint density at radius 1 is 0.402 bits per heavy atom. The van der Waals surface area contributed by atoms with Gasteiger partial charge in [-0.1, -0.05) is 331 Å². The summed E-state index contributed by atoms with van der Waals surface area (Å²) in [5.41, 5.74) is 0. The Labute approximate surface area is 562 Å². The van der Waals surface area contributed by atoms with Gasteiger partial charge in [-0.05, 0) is 57.8 Å². The van der Waals surface area contributed by atoms with E-state index in [2.05, 4.69) is 79.9 Å². The summed E-state index contributed by atoms with van der Waals surface area (Å²) in [6.07, 6.45) is 67.0. The summed E-state index contributed by atoms with van der Waals surface area (Å²) in [5.74, 6) is -0.200. The molecule has 14 heteroatoms. The van der Waals surface area contributed by atoms with Crippen LogP contribution in [0.25, 0.3) is 0 Å². The van der Waals surface area contributed by atoms with Gasteiger partial charge in [-0.15, -0.1) is 0 Å². The number of aliphatic hydroxyl groups is 8. The van der Waals surface area contributed by atoms with Gasteiger partial charge in [0.15, 0.2) is 12.6 Å². The van der Waals surface area contributed by atoms with Crippen LogP contribution in [-0.4, -0.2) is 140 Å². The summed E-state index contributed by atoms with van der Waals surface area (Å²) in [5, 5.41) is 87.6. The predicted molar refractivity (Wildman–Crippen MR) is 378 cm³/mol. The van der Waals surface area contributed by atoms with Gasteiger partial charge < -0.3 is 65.1 Å². The lowest BCUT2D eigenvalue weighted by atomic mass is 9.97. The van der Waals surface area contributed by atoms with E-state index in [1.54, 1.807) is 0 Å². The molecule has 0 bridgehead atoms. The number of hydrogen-bond donors (Lipinski definition) is 9. The van der Waals surface area contributed by atoms with Gasteiger partial charge in [-0.3, -0.25) is 4.79 Å². The van der Waals surface area contributed by atoms with Crippen LogP contribution in [0.2, 0.25) is 0 Å². The summed E-state index contributed by atoms with van der Waals surface area (Å²) >= 11 is 0. The Morgan fingerprint density at radius 3 is 1.15 bits per heavy atom. The van der Waals surface area contributed by atoms with Gasteiger partial charge >= 0.3 is 0 Å². The average Bonchev–Trinajstić information content (AvgIpc) is 0.856. The quantitative estimate of drug-likeness (QED) is 0.0204. The molecule has 2 fully saturated rings. The second-order valence-electron chi connectivity index (χ2n) is 27.1. The molecule has 0 radical (unpaired) electrons. The molecular formula is C78H143NO13. The van der Waals surface area contributed by atoms with Crippen LogP contribution in [0.1, 0.15) is 335 Å². The molecule has 2 rings (SSSR count). The topological polar surface area (TPSA) is 228 Å². The molecular weight excluding hydrogens is 1160 g/mol. The summed E-state index contributed by atoms with van der Waals surface area (Å²) in [4.78, 5) is 13.4. The molecule has 0 spiro atoms. The largest absolute Gasteiger partial charge is 0.394 e. The van der Waals surface area contributed by atoms with Crippen LogP contribution < -0.4 is 5.32 Å². The highest BCUT2D eigenvalue weighted by atomic mass is 16.7. The minimum absolute atomic E-state index is 0.200. The number of amides is 1. The Bertz CT molecular complexity index is 1780. The zero-order valence-corrected chi connectivity index (χ0v) is 58.8. The second-order valence-corrected chi connectivity index (χ2v) is 27.1. The number of carbonyl (C=O) groups is 1. The maximum absolute atomic E-state index is 13.4. The fraction of sp³-hybridized carbons (Fsp3) is 0.859. The van der Waals surface area contributed by atoms with Crippen molar-refractivity contribution in [3.05, 3.63) is 60.8 Å².